The summed E-state index contributed by atoms with van der Waals surface area (Å²) in [6, 6.07) is 0. The number of nitrogens with two attached hydrogens (primary N) is 1. The van der Waals surface area contributed by atoms with Crippen molar-refractivity contribution < 1.29 is 0 Å². The first-order chi connectivity index (χ1) is 5.23. The quantitative estimate of drug-likeness (QED) is 0.666. The van der Waals surface area contributed by atoms with Gasteiger partial charge in [-0.05, 0) is 37.1 Å². The minimum atomic E-state index is 0.441. The van der Waals surface area contributed by atoms with Crippen LogP contribution in [-0.2, 0) is 0 Å². The van der Waals surface area contributed by atoms with Crippen LogP contribution >= 0.6 is 0 Å². The zero-order valence-corrected chi connectivity index (χ0v) is 7.90. The third-order valence-corrected chi connectivity index (χ3v) is 3.61. The first-order valence-electron chi connectivity index (χ1n) is 4.93. The molecule has 1 atom stereocenters. The Morgan fingerprint density at radius 1 is 1.36 bits per heavy atom. The zero-order valence-electron chi connectivity index (χ0n) is 7.90. The molecular weight excluding hydrogens is 134 g/mol. The summed E-state index contributed by atoms with van der Waals surface area (Å²) < 4.78 is 0. The lowest BCUT2D eigenvalue weighted by Crippen LogP contribution is -2.33. The van der Waals surface area contributed by atoms with Crippen molar-refractivity contribution in [3.8, 4) is 0 Å². The minimum Gasteiger partial charge on any atom is -0.330 e. The van der Waals surface area contributed by atoms with Gasteiger partial charge >= 0.3 is 0 Å². The Labute approximate surface area is 70.4 Å². The van der Waals surface area contributed by atoms with E-state index in [1.54, 1.807) is 0 Å². The molecule has 1 unspecified atom stereocenters. The summed E-state index contributed by atoms with van der Waals surface area (Å²) in [6.45, 7) is 5.49. The van der Waals surface area contributed by atoms with Gasteiger partial charge in [-0.15, -0.1) is 0 Å². The SMILES string of the molecule is CCC(C)(CN)C1CCCC1. The van der Waals surface area contributed by atoms with Crippen LogP contribution in [0.1, 0.15) is 46.0 Å². The molecule has 1 heteroatoms. The highest BCUT2D eigenvalue weighted by molar-refractivity contribution is 4.85. The predicted molar refractivity (Wildman–Crippen MR) is 49.4 cm³/mol. The molecule has 66 valence electrons. The second-order valence-electron chi connectivity index (χ2n) is 4.19. The van der Waals surface area contributed by atoms with Crippen molar-refractivity contribution in [2.24, 2.45) is 17.1 Å². The van der Waals surface area contributed by atoms with Crippen molar-refractivity contribution in [1.29, 1.82) is 0 Å². The molecule has 1 aliphatic carbocycles. The van der Waals surface area contributed by atoms with Gasteiger partial charge in [0.2, 0.25) is 0 Å². The molecule has 0 amide bonds. The van der Waals surface area contributed by atoms with Gasteiger partial charge in [0.05, 0.1) is 0 Å². The molecule has 0 saturated heterocycles. The molecule has 11 heavy (non-hydrogen) atoms. The van der Waals surface area contributed by atoms with E-state index in [9.17, 15) is 0 Å². The van der Waals surface area contributed by atoms with Crippen LogP contribution in [0, 0.1) is 11.3 Å². The topological polar surface area (TPSA) is 26.0 Å². The molecule has 1 aliphatic rings. The van der Waals surface area contributed by atoms with E-state index >= 15 is 0 Å². The molecule has 0 aromatic heterocycles. The molecule has 1 saturated carbocycles. The summed E-state index contributed by atoms with van der Waals surface area (Å²) in [4.78, 5) is 0. The van der Waals surface area contributed by atoms with Crippen molar-refractivity contribution in [3.63, 3.8) is 0 Å². The highest BCUT2D eigenvalue weighted by atomic mass is 14.6. The molecule has 1 nitrogen and oxygen atoms in total. The van der Waals surface area contributed by atoms with Crippen LogP contribution in [0.25, 0.3) is 0 Å². The molecule has 0 bridgehead atoms. The van der Waals surface area contributed by atoms with Crippen LogP contribution in [0.4, 0.5) is 0 Å². The fraction of sp³-hybridized carbons (Fsp3) is 1.00. The summed E-state index contributed by atoms with van der Waals surface area (Å²) in [6.07, 6.45) is 6.94. The van der Waals surface area contributed by atoms with Crippen molar-refractivity contribution in [2.75, 3.05) is 6.54 Å². The molecular formula is C10H21N. The Balaban J connectivity index is 2.52. The van der Waals surface area contributed by atoms with Crippen molar-refractivity contribution >= 4 is 0 Å². The first-order valence-corrected chi connectivity index (χ1v) is 4.93. The normalized spacial score (nSPS) is 25.4. The summed E-state index contributed by atoms with van der Waals surface area (Å²) in [7, 11) is 0. The third-order valence-electron chi connectivity index (χ3n) is 3.61. The summed E-state index contributed by atoms with van der Waals surface area (Å²) in [5.74, 6) is 0.914. The Morgan fingerprint density at radius 2 is 1.91 bits per heavy atom. The first kappa shape index (κ1) is 9.05. The fourth-order valence-electron chi connectivity index (χ4n) is 2.22. The number of hydrogen-bond donors (Lipinski definition) is 1. The van der Waals surface area contributed by atoms with E-state index in [0.29, 0.717) is 5.41 Å². The van der Waals surface area contributed by atoms with E-state index < -0.39 is 0 Å². The average molecular weight is 155 g/mol. The van der Waals surface area contributed by atoms with Crippen molar-refractivity contribution in [3.05, 3.63) is 0 Å². The van der Waals surface area contributed by atoms with Gasteiger partial charge in [-0.25, -0.2) is 0 Å². The van der Waals surface area contributed by atoms with Gasteiger partial charge in [0, 0.05) is 0 Å². The van der Waals surface area contributed by atoms with Gasteiger partial charge in [0.15, 0.2) is 0 Å². The minimum absolute atomic E-state index is 0.441. The van der Waals surface area contributed by atoms with Gasteiger partial charge < -0.3 is 5.73 Å². The lowest BCUT2D eigenvalue weighted by Gasteiger charge is -2.33. The molecule has 0 aromatic carbocycles. The van der Waals surface area contributed by atoms with Gasteiger partial charge in [-0.1, -0.05) is 26.7 Å². The Bertz CT molecular complexity index is 110. The lowest BCUT2D eigenvalue weighted by molar-refractivity contribution is 0.190. The van der Waals surface area contributed by atoms with Crippen LogP contribution < -0.4 is 5.73 Å². The highest BCUT2D eigenvalue weighted by Gasteiger charge is 2.32. The lowest BCUT2D eigenvalue weighted by atomic mass is 9.74. The monoisotopic (exact) mass is 155 g/mol. The summed E-state index contributed by atoms with van der Waals surface area (Å²) >= 11 is 0. The van der Waals surface area contributed by atoms with E-state index in [-0.39, 0.29) is 0 Å². The van der Waals surface area contributed by atoms with E-state index in [2.05, 4.69) is 13.8 Å². The number of hydrogen-bond acceptors (Lipinski definition) is 1. The maximum absolute atomic E-state index is 5.80. The van der Waals surface area contributed by atoms with E-state index in [0.717, 1.165) is 12.5 Å². The van der Waals surface area contributed by atoms with Crippen LogP contribution in [0.3, 0.4) is 0 Å². The molecule has 0 aliphatic heterocycles. The Kier molecular flexibility index (Phi) is 2.94. The van der Waals surface area contributed by atoms with Crippen LogP contribution in [0.5, 0.6) is 0 Å². The molecule has 0 aromatic rings. The van der Waals surface area contributed by atoms with Crippen LogP contribution in [0.15, 0.2) is 0 Å². The highest BCUT2D eigenvalue weighted by Crippen LogP contribution is 2.41. The van der Waals surface area contributed by atoms with Crippen molar-refractivity contribution in [2.45, 2.75) is 46.0 Å². The zero-order chi connectivity index (χ0) is 8.32. The Morgan fingerprint density at radius 3 is 2.27 bits per heavy atom. The van der Waals surface area contributed by atoms with Crippen molar-refractivity contribution in [1.82, 2.24) is 0 Å². The van der Waals surface area contributed by atoms with Gasteiger partial charge in [-0.3, -0.25) is 0 Å². The van der Waals surface area contributed by atoms with Gasteiger partial charge in [-0.2, -0.15) is 0 Å². The fourth-order valence-corrected chi connectivity index (χ4v) is 2.22. The van der Waals surface area contributed by atoms with E-state index in [1.165, 1.54) is 32.1 Å². The second kappa shape index (κ2) is 3.57. The maximum Gasteiger partial charge on any atom is -0.00206 e. The van der Waals surface area contributed by atoms with Crippen LogP contribution in [-0.4, -0.2) is 6.54 Å². The smallest absolute Gasteiger partial charge is 0.00206 e. The molecule has 2 N–H and O–H groups in total. The molecule has 0 spiro atoms. The Hall–Kier alpha value is -0.0400. The third kappa shape index (κ3) is 1.76. The summed E-state index contributed by atoms with van der Waals surface area (Å²) in [5, 5.41) is 0. The molecule has 0 radical (unpaired) electrons. The average Bonchev–Trinajstić information content (AvgIpc) is 2.55. The largest absolute Gasteiger partial charge is 0.330 e. The molecule has 1 rings (SSSR count). The standard InChI is InChI=1S/C10H21N/c1-3-10(2,8-11)9-6-4-5-7-9/h9H,3-8,11H2,1-2H3. The van der Waals surface area contributed by atoms with E-state index in [4.69, 9.17) is 5.73 Å². The van der Waals surface area contributed by atoms with E-state index in [1.807, 2.05) is 0 Å². The predicted octanol–water partition coefficient (Wildman–Crippen LogP) is 2.55. The van der Waals surface area contributed by atoms with Crippen LogP contribution in [0.2, 0.25) is 0 Å². The molecule has 0 heterocycles. The number of rotatable bonds is 3. The van der Waals surface area contributed by atoms with Gasteiger partial charge in [0.1, 0.15) is 0 Å². The summed E-state index contributed by atoms with van der Waals surface area (Å²) in [5.41, 5.74) is 6.24. The second-order valence-corrected chi connectivity index (χ2v) is 4.19. The maximum atomic E-state index is 5.80. The molecule has 1 fully saturated rings. The van der Waals surface area contributed by atoms with Gasteiger partial charge in [0.25, 0.3) is 0 Å².